The van der Waals surface area contributed by atoms with E-state index in [1.165, 1.54) is 6.33 Å². The number of piperazine rings is 1. The number of benzene rings is 2. The van der Waals surface area contributed by atoms with E-state index in [4.69, 9.17) is 11.6 Å². The van der Waals surface area contributed by atoms with Crippen molar-refractivity contribution in [1.29, 1.82) is 0 Å². The summed E-state index contributed by atoms with van der Waals surface area (Å²) < 4.78 is 0. The zero-order valence-corrected chi connectivity index (χ0v) is 18.1. The van der Waals surface area contributed by atoms with E-state index >= 15 is 0 Å². The molecular weight excluding hydrogens is 416 g/mol. The van der Waals surface area contributed by atoms with Crippen LogP contribution in [0.3, 0.4) is 0 Å². The smallest absolute Gasteiger partial charge is 0.353 e. The van der Waals surface area contributed by atoms with Crippen LogP contribution in [0.5, 0.6) is 0 Å². The van der Waals surface area contributed by atoms with Crippen molar-refractivity contribution < 1.29 is 4.92 Å². The van der Waals surface area contributed by atoms with Gasteiger partial charge in [-0.1, -0.05) is 23.7 Å². The van der Waals surface area contributed by atoms with Crippen LogP contribution in [-0.2, 0) is 0 Å². The Hall–Kier alpha value is -3.39. The number of aryl methyl sites for hydroxylation is 2. The van der Waals surface area contributed by atoms with Crippen molar-refractivity contribution in [2.75, 3.05) is 41.3 Å². The van der Waals surface area contributed by atoms with Gasteiger partial charge < -0.3 is 15.1 Å². The Labute approximate surface area is 185 Å². The summed E-state index contributed by atoms with van der Waals surface area (Å²) in [5, 5.41) is 15.7. The Balaban J connectivity index is 1.57. The largest absolute Gasteiger partial charge is 0.368 e. The van der Waals surface area contributed by atoms with Crippen molar-refractivity contribution in [3.05, 3.63) is 75.1 Å². The molecule has 2 heterocycles. The SMILES string of the molecule is Cc1ccc(Nc2ncnc(N3CCN(c4cccc(Cl)c4)CC3)c2[N+](=O)[O-])cc1C. The summed E-state index contributed by atoms with van der Waals surface area (Å²) in [6, 6.07) is 13.5. The second kappa shape index (κ2) is 8.77. The maximum Gasteiger partial charge on any atom is 0.353 e. The van der Waals surface area contributed by atoms with E-state index < -0.39 is 4.92 Å². The number of hydrogen-bond donors (Lipinski definition) is 1. The molecule has 0 spiro atoms. The average molecular weight is 439 g/mol. The molecule has 0 atom stereocenters. The summed E-state index contributed by atoms with van der Waals surface area (Å²) in [5.74, 6) is 0.521. The first kappa shape index (κ1) is 20.9. The summed E-state index contributed by atoms with van der Waals surface area (Å²) in [6.07, 6.45) is 1.37. The highest BCUT2D eigenvalue weighted by molar-refractivity contribution is 6.30. The van der Waals surface area contributed by atoms with Gasteiger partial charge in [0.25, 0.3) is 0 Å². The minimum atomic E-state index is -0.415. The van der Waals surface area contributed by atoms with Gasteiger partial charge in [-0.25, -0.2) is 9.97 Å². The summed E-state index contributed by atoms with van der Waals surface area (Å²) in [7, 11) is 0. The summed E-state index contributed by atoms with van der Waals surface area (Å²) in [6.45, 7) is 6.65. The number of rotatable bonds is 5. The van der Waals surface area contributed by atoms with Gasteiger partial charge in [0.05, 0.1) is 4.92 Å². The first-order valence-electron chi connectivity index (χ1n) is 10.0. The topological polar surface area (TPSA) is 87.4 Å². The lowest BCUT2D eigenvalue weighted by molar-refractivity contribution is -0.383. The molecule has 8 nitrogen and oxygen atoms in total. The molecule has 0 radical (unpaired) electrons. The molecule has 1 aromatic heterocycles. The van der Waals surface area contributed by atoms with E-state index in [1.807, 2.05) is 61.2 Å². The average Bonchev–Trinajstić information content (AvgIpc) is 2.76. The molecule has 1 aliphatic heterocycles. The highest BCUT2D eigenvalue weighted by Gasteiger charge is 2.29. The van der Waals surface area contributed by atoms with E-state index in [-0.39, 0.29) is 11.5 Å². The van der Waals surface area contributed by atoms with Crippen molar-refractivity contribution in [3.8, 4) is 0 Å². The lowest BCUT2D eigenvalue weighted by Crippen LogP contribution is -2.47. The molecule has 3 aromatic rings. The molecule has 1 saturated heterocycles. The van der Waals surface area contributed by atoms with Crippen molar-refractivity contribution >= 4 is 40.3 Å². The van der Waals surface area contributed by atoms with Gasteiger partial charge in [0, 0.05) is 42.6 Å². The molecule has 2 aromatic carbocycles. The van der Waals surface area contributed by atoms with Crippen LogP contribution in [0, 0.1) is 24.0 Å². The van der Waals surface area contributed by atoms with Crippen LogP contribution in [0.25, 0.3) is 0 Å². The summed E-state index contributed by atoms with van der Waals surface area (Å²) in [5.41, 5.74) is 3.93. The van der Waals surface area contributed by atoms with Crippen LogP contribution < -0.4 is 15.1 Å². The third kappa shape index (κ3) is 4.54. The van der Waals surface area contributed by atoms with Crippen molar-refractivity contribution in [1.82, 2.24) is 9.97 Å². The van der Waals surface area contributed by atoms with Crippen LogP contribution >= 0.6 is 11.6 Å². The number of nitrogens with one attached hydrogen (secondary N) is 1. The second-order valence-electron chi connectivity index (χ2n) is 7.53. The Morgan fingerprint density at radius 2 is 1.74 bits per heavy atom. The lowest BCUT2D eigenvalue weighted by atomic mass is 10.1. The minimum Gasteiger partial charge on any atom is -0.368 e. The normalized spacial score (nSPS) is 13.9. The van der Waals surface area contributed by atoms with Crippen LogP contribution in [0.15, 0.2) is 48.8 Å². The second-order valence-corrected chi connectivity index (χ2v) is 7.97. The maximum atomic E-state index is 12.0. The molecule has 1 N–H and O–H groups in total. The van der Waals surface area contributed by atoms with Gasteiger partial charge in [0.2, 0.25) is 11.6 Å². The quantitative estimate of drug-likeness (QED) is 0.455. The van der Waals surface area contributed by atoms with Crippen molar-refractivity contribution in [3.63, 3.8) is 0 Å². The Kier molecular flexibility index (Phi) is 5.90. The van der Waals surface area contributed by atoms with Crippen LogP contribution in [0.2, 0.25) is 5.02 Å². The predicted octanol–water partition coefficient (Wildman–Crippen LogP) is 4.73. The molecule has 0 amide bonds. The van der Waals surface area contributed by atoms with Gasteiger partial charge >= 0.3 is 5.69 Å². The lowest BCUT2D eigenvalue weighted by Gasteiger charge is -2.36. The van der Waals surface area contributed by atoms with Crippen LogP contribution in [0.1, 0.15) is 11.1 Å². The Morgan fingerprint density at radius 3 is 2.42 bits per heavy atom. The number of nitrogens with zero attached hydrogens (tertiary/aromatic N) is 5. The molecule has 1 fully saturated rings. The third-order valence-corrected chi connectivity index (χ3v) is 5.74. The minimum absolute atomic E-state index is 0.114. The fourth-order valence-electron chi connectivity index (χ4n) is 3.67. The molecule has 160 valence electrons. The zero-order valence-electron chi connectivity index (χ0n) is 17.4. The van der Waals surface area contributed by atoms with Gasteiger partial charge in [-0.3, -0.25) is 10.1 Å². The zero-order chi connectivity index (χ0) is 22.0. The van der Waals surface area contributed by atoms with Gasteiger partial charge in [-0.05, 0) is 55.3 Å². The highest BCUT2D eigenvalue weighted by Crippen LogP contribution is 2.34. The summed E-state index contributed by atoms with van der Waals surface area (Å²) in [4.78, 5) is 24.1. The van der Waals surface area contributed by atoms with Crippen molar-refractivity contribution in [2.45, 2.75) is 13.8 Å². The molecule has 0 bridgehead atoms. The number of halogens is 1. The van der Waals surface area contributed by atoms with E-state index in [2.05, 4.69) is 20.2 Å². The van der Waals surface area contributed by atoms with Crippen LogP contribution in [0.4, 0.5) is 28.7 Å². The molecule has 31 heavy (non-hydrogen) atoms. The molecular formula is C22H23ClN6O2. The number of anilines is 4. The number of hydrogen-bond acceptors (Lipinski definition) is 7. The molecule has 9 heteroatoms. The molecule has 4 rings (SSSR count). The van der Waals surface area contributed by atoms with E-state index in [0.717, 1.165) is 22.5 Å². The standard InChI is InChI=1S/C22H23ClN6O2/c1-15-6-7-18(12-16(15)2)26-21-20(29(30)31)22(25-14-24-21)28-10-8-27(9-11-28)19-5-3-4-17(23)13-19/h3-7,12-14H,8-11H2,1-2H3,(H,24,25,26). The first-order chi connectivity index (χ1) is 14.9. The molecule has 0 aliphatic carbocycles. The molecule has 0 unspecified atom stereocenters. The van der Waals surface area contributed by atoms with E-state index in [1.54, 1.807) is 0 Å². The van der Waals surface area contributed by atoms with Crippen molar-refractivity contribution in [2.24, 2.45) is 0 Å². The van der Waals surface area contributed by atoms with E-state index in [0.29, 0.717) is 37.0 Å². The summed E-state index contributed by atoms with van der Waals surface area (Å²) >= 11 is 6.11. The fraction of sp³-hybridized carbons (Fsp3) is 0.273. The Morgan fingerprint density at radius 1 is 1.00 bits per heavy atom. The maximum absolute atomic E-state index is 12.0. The van der Waals surface area contributed by atoms with Gasteiger partial charge in [-0.15, -0.1) is 0 Å². The van der Waals surface area contributed by atoms with Crippen LogP contribution in [-0.4, -0.2) is 41.1 Å². The van der Waals surface area contributed by atoms with Gasteiger partial charge in [-0.2, -0.15) is 0 Å². The van der Waals surface area contributed by atoms with E-state index in [9.17, 15) is 10.1 Å². The number of nitro groups is 1. The third-order valence-electron chi connectivity index (χ3n) is 5.51. The monoisotopic (exact) mass is 438 g/mol. The molecule has 0 saturated carbocycles. The number of aromatic nitrogens is 2. The Bertz CT molecular complexity index is 1110. The molecule has 1 aliphatic rings. The first-order valence-corrected chi connectivity index (χ1v) is 10.4. The fourth-order valence-corrected chi connectivity index (χ4v) is 3.85. The predicted molar refractivity (Wildman–Crippen MR) is 124 cm³/mol. The highest BCUT2D eigenvalue weighted by atomic mass is 35.5. The van der Waals surface area contributed by atoms with Gasteiger partial charge in [0.1, 0.15) is 6.33 Å². The van der Waals surface area contributed by atoms with Gasteiger partial charge in [0.15, 0.2) is 0 Å².